The van der Waals surface area contributed by atoms with Gasteiger partial charge in [-0.15, -0.1) is 0 Å². The summed E-state index contributed by atoms with van der Waals surface area (Å²) >= 11 is 6.13. The summed E-state index contributed by atoms with van der Waals surface area (Å²) in [4.78, 5) is 13.8. The maximum absolute atomic E-state index is 11.1. The molecule has 6 heteroatoms. The van der Waals surface area contributed by atoms with Gasteiger partial charge in [0.2, 0.25) is 0 Å². The molecule has 0 aliphatic carbocycles. The Morgan fingerprint density at radius 1 is 1.32 bits per heavy atom. The van der Waals surface area contributed by atoms with Gasteiger partial charge in [0.1, 0.15) is 18.9 Å². The first kappa shape index (κ1) is 11.9. The number of fused-ring (bicyclic) bond motifs is 1. The molecule has 1 aliphatic heterocycles. The van der Waals surface area contributed by atoms with Crippen molar-refractivity contribution in [1.82, 2.24) is 4.98 Å². The molecule has 1 aromatic carbocycles. The van der Waals surface area contributed by atoms with Crippen molar-refractivity contribution in [3.63, 3.8) is 0 Å². The minimum atomic E-state index is -1.02. The Morgan fingerprint density at radius 3 is 2.89 bits per heavy atom. The van der Waals surface area contributed by atoms with Gasteiger partial charge in [-0.25, -0.2) is 4.79 Å². The zero-order valence-electron chi connectivity index (χ0n) is 9.77. The molecule has 0 spiro atoms. The molecule has 0 radical (unpaired) electrons. The summed E-state index contributed by atoms with van der Waals surface area (Å²) in [5.74, 6) is 0.0152. The summed E-state index contributed by atoms with van der Waals surface area (Å²) in [6.07, 6.45) is 1.57. The fourth-order valence-electron chi connectivity index (χ4n) is 2.05. The van der Waals surface area contributed by atoms with Crippen LogP contribution in [0.15, 0.2) is 24.4 Å². The fraction of sp³-hybridized carbons (Fsp3) is 0.154. The standard InChI is InChI=1S/C13H10ClNO4/c14-9-5-7(6-10-12(9)19-4-3-18-10)8-1-2-15-11(8)13(16)17/h1-2,5-6,15H,3-4H2,(H,16,17). The number of carbonyl (C=O) groups is 1. The molecule has 5 nitrogen and oxygen atoms in total. The third kappa shape index (κ3) is 2.02. The van der Waals surface area contributed by atoms with Crippen molar-refractivity contribution in [3.8, 4) is 22.6 Å². The number of carboxylic acid groups (broad SMARTS) is 1. The van der Waals surface area contributed by atoms with Gasteiger partial charge in [0.05, 0.1) is 5.02 Å². The van der Waals surface area contributed by atoms with Crippen LogP contribution in [0.3, 0.4) is 0 Å². The number of halogens is 1. The van der Waals surface area contributed by atoms with E-state index in [1.807, 2.05) is 0 Å². The molecular weight excluding hydrogens is 270 g/mol. The van der Waals surface area contributed by atoms with Crippen molar-refractivity contribution < 1.29 is 19.4 Å². The molecule has 98 valence electrons. The summed E-state index contributed by atoms with van der Waals surface area (Å²) in [6, 6.07) is 5.09. The van der Waals surface area contributed by atoms with Crippen molar-refractivity contribution in [2.75, 3.05) is 13.2 Å². The summed E-state index contributed by atoms with van der Waals surface area (Å²) in [5, 5.41) is 9.51. The van der Waals surface area contributed by atoms with Crippen molar-refractivity contribution >= 4 is 17.6 Å². The zero-order chi connectivity index (χ0) is 13.4. The quantitative estimate of drug-likeness (QED) is 0.887. The zero-order valence-corrected chi connectivity index (χ0v) is 10.5. The summed E-state index contributed by atoms with van der Waals surface area (Å²) < 4.78 is 10.9. The Labute approximate surface area is 113 Å². The number of hydrogen-bond acceptors (Lipinski definition) is 3. The van der Waals surface area contributed by atoms with Gasteiger partial charge >= 0.3 is 5.97 Å². The lowest BCUT2D eigenvalue weighted by molar-refractivity contribution is 0.0692. The van der Waals surface area contributed by atoms with Gasteiger partial charge in [-0.05, 0) is 23.8 Å². The average Bonchev–Trinajstić information content (AvgIpc) is 2.88. The largest absolute Gasteiger partial charge is 0.486 e. The Hall–Kier alpha value is -2.14. The van der Waals surface area contributed by atoms with Crippen LogP contribution in [-0.4, -0.2) is 29.3 Å². The van der Waals surface area contributed by atoms with E-state index in [2.05, 4.69) is 4.98 Å². The number of hydrogen-bond donors (Lipinski definition) is 2. The van der Waals surface area contributed by atoms with Gasteiger partial charge in [0, 0.05) is 11.8 Å². The molecule has 0 atom stereocenters. The van der Waals surface area contributed by atoms with Gasteiger partial charge in [0.15, 0.2) is 11.5 Å². The van der Waals surface area contributed by atoms with E-state index in [-0.39, 0.29) is 5.69 Å². The van der Waals surface area contributed by atoms with E-state index < -0.39 is 5.97 Å². The second kappa shape index (κ2) is 4.51. The first-order valence-corrected chi connectivity index (χ1v) is 6.05. The minimum Gasteiger partial charge on any atom is -0.486 e. The average molecular weight is 280 g/mol. The third-order valence-electron chi connectivity index (χ3n) is 2.87. The third-order valence-corrected chi connectivity index (χ3v) is 3.15. The molecule has 0 bridgehead atoms. The first-order chi connectivity index (χ1) is 9.16. The van der Waals surface area contributed by atoms with Crippen molar-refractivity contribution in [3.05, 3.63) is 35.1 Å². The van der Waals surface area contributed by atoms with Crippen LogP contribution in [0.5, 0.6) is 11.5 Å². The molecule has 2 aromatic rings. The SMILES string of the molecule is O=C(O)c1[nH]ccc1-c1cc(Cl)c2c(c1)OCCO2. The van der Waals surface area contributed by atoms with E-state index >= 15 is 0 Å². The van der Waals surface area contributed by atoms with Crippen LogP contribution < -0.4 is 9.47 Å². The lowest BCUT2D eigenvalue weighted by Gasteiger charge is -2.20. The van der Waals surface area contributed by atoms with E-state index in [0.29, 0.717) is 40.9 Å². The normalized spacial score (nSPS) is 13.3. The highest BCUT2D eigenvalue weighted by Crippen LogP contribution is 2.41. The number of rotatable bonds is 2. The van der Waals surface area contributed by atoms with Gasteiger partial charge in [0.25, 0.3) is 0 Å². The predicted molar refractivity (Wildman–Crippen MR) is 69.2 cm³/mol. The molecule has 2 N–H and O–H groups in total. The van der Waals surface area contributed by atoms with Crippen LogP contribution in [0.4, 0.5) is 0 Å². The fourth-order valence-corrected chi connectivity index (χ4v) is 2.32. The molecule has 1 aliphatic rings. The van der Waals surface area contributed by atoms with Gasteiger partial charge in [-0.3, -0.25) is 0 Å². The summed E-state index contributed by atoms with van der Waals surface area (Å²) in [7, 11) is 0. The second-order valence-corrected chi connectivity index (χ2v) is 4.46. The summed E-state index contributed by atoms with van der Waals surface area (Å²) in [6.45, 7) is 0.905. The van der Waals surface area contributed by atoms with E-state index in [9.17, 15) is 4.79 Å². The van der Waals surface area contributed by atoms with E-state index in [0.717, 1.165) is 0 Å². The van der Waals surface area contributed by atoms with Crippen LogP contribution in [0.2, 0.25) is 5.02 Å². The monoisotopic (exact) mass is 279 g/mol. The highest BCUT2D eigenvalue weighted by molar-refractivity contribution is 6.32. The smallest absolute Gasteiger partial charge is 0.352 e. The van der Waals surface area contributed by atoms with Crippen LogP contribution in [0.1, 0.15) is 10.5 Å². The van der Waals surface area contributed by atoms with Gasteiger partial charge in [-0.1, -0.05) is 11.6 Å². The Bertz CT molecular complexity index is 650. The first-order valence-electron chi connectivity index (χ1n) is 5.67. The van der Waals surface area contributed by atoms with Crippen LogP contribution in [0, 0.1) is 0 Å². The Balaban J connectivity index is 2.13. The van der Waals surface area contributed by atoms with Crippen LogP contribution in [0.25, 0.3) is 11.1 Å². The van der Waals surface area contributed by atoms with Crippen molar-refractivity contribution in [2.45, 2.75) is 0 Å². The molecule has 1 aromatic heterocycles. The molecule has 19 heavy (non-hydrogen) atoms. The maximum Gasteiger partial charge on any atom is 0.352 e. The number of H-pyrrole nitrogens is 1. The molecule has 0 fully saturated rings. The highest BCUT2D eigenvalue weighted by atomic mass is 35.5. The van der Waals surface area contributed by atoms with Gasteiger partial charge < -0.3 is 19.6 Å². The number of benzene rings is 1. The molecule has 3 rings (SSSR count). The highest BCUT2D eigenvalue weighted by Gasteiger charge is 2.20. The van der Waals surface area contributed by atoms with Crippen molar-refractivity contribution in [1.29, 1.82) is 0 Å². The Morgan fingerprint density at radius 2 is 2.11 bits per heavy atom. The molecular formula is C13H10ClNO4. The number of ether oxygens (including phenoxy) is 2. The van der Waals surface area contributed by atoms with Crippen LogP contribution in [-0.2, 0) is 0 Å². The number of carboxylic acids is 1. The van der Waals surface area contributed by atoms with Gasteiger partial charge in [-0.2, -0.15) is 0 Å². The summed E-state index contributed by atoms with van der Waals surface area (Å²) in [5.41, 5.74) is 1.35. The van der Waals surface area contributed by atoms with E-state index in [1.165, 1.54) is 0 Å². The van der Waals surface area contributed by atoms with Crippen molar-refractivity contribution in [2.24, 2.45) is 0 Å². The lowest BCUT2D eigenvalue weighted by atomic mass is 10.1. The predicted octanol–water partition coefficient (Wildman–Crippen LogP) is 2.80. The number of aromatic carboxylic acids is 1. The second-order valence-electron chi connectivity index (χ2n) is 4.05. The molecule has 0 saturated carbocycles. The van der Waals surface area contributed by atoms with E-state index in [1.54, 1.807) is 24.4 Å². The molecule has 0 amide bonds. The van der Waals surface area contributed by atoms with E-state index in [4.69, 9.17) is 26.2 Å². The number of aromatic amines is 1. The maximum atomic E-state index is 11.1. The molecule has 0 unspecified atom stereocenters. The number of nitrogens with one attached hydrogen (secondary N) is 1. The minimum absolute atomic E-state index is 0.118. The number of aromatic nitrogens is 1. The molecule has 2 heterocycles. The van der Waals surface area contributed by atoms with Crippen LogP contribution >= 0.6 is 11.6 Å². The lowest BCUT2D eigenvalue weighted by Crippen LogP contribution is -2.15. The Kier molecular flexibility index (Phi) is 2.83. The topological polar surface area (TPSA) is 71.5 Å². The molecule has 0 saturated heterocycles.